The van der Waals surface area contributed by atoms with Crippen LogP contribution < -0.4 is 10.6 Å². The van der Waals surface area contributed by atoms with Crippen LogP contribution in [0.15, 0.2) is 89.0 Å². The molecule has 0 radical (unpaired) electrons. The van der Waals surface area contributed by atoms with E-state index in [0.717, 1.165) is 32.7 Å². The molecule has 0 saturated carbocycles. The van der Waals surface area contributed by atoms with Crippen LogP contribution in [-0.4, -0.2) is 5.78 Å². The summed E-state index contributed by atoms with van der Waals surface area (Å²) < 4.78 is 1.03. The first-order valence-corrected chi connectivity index (χ1v) is 11.1. The normalized spacial score (nSPS) is 22.7. The van der Waals surface area contributed by atoms with Gasteiger partial charge in [0, 0.05) is 22.5 Å². The van der Waals surface area contributed by atoms with Crippen molar-refractivity contribution >= 4 is 33.1 Å². The molecule has 0 bridgehead atoms. The molecule has 1 heterocycles. The van der Waals surface area contributed by atoms with Crippen molar-refractivity contribution in [1.82, 2.24) is 0 Å². The Balaban J connectivity index is 1.62. The predicted molar refractivity (Wildman–Crippen MR) is 126 cm³/mol. The number of carbonyl (C=O) groups excluding carboxylic acids is 1. The molecule has 4 heteroatoms. The molecule has 2 aliphatic rings. The molecular weight excluding hydrogens is 436 g/mol. The van der Waals surface area contributed by atoms with Crippen LogP contribution in [0, 0.1) is 12.8 Å². The molecule has 150 valence electrons. The number of hydrogen-bond donors (Lipinski definition) is 2. The average Bonchev–Trinajstić information content (AvgIpc) is 2.91. The van der Waals surface area contributed by atoms with Gasteiger partial charge in [0.15, 0.2) is 0 Å². The number of carbonyl (C=O) groups is 1. The first-order chi connectivity index (χ1) is 14.6. The molecule has 30 heavy (non-hydrogen) atoms. The van der Waals surface area contributed by atoms with Crippen molar-refractivity contribution in [1.29, 1.82) is 0 Å². The smallest absolute Gasteiger partial charge is 0.145 e. The van der Waals surface area contributed by atoms with Gasteiger partial charge in [0.25, 0.3) is 0 Å². The second-order valence-electron chi connectivity index (χ2n) is 8.13. The van der Waals surface area contributed by atoms with Crippen molar-refractivity contribution in [2.45, 2.75) is 25.3 Å². The van der Waals surface area contributed by atoms with Gasteiger partial charge in [-0.3, -0.25) is 4.79 Å². The summed E-state index contributed by atoms with van der Waals surface area (Å²) in [5, 5.41) is 7.24. The first-order valence-electron chi connectivity index (χ1n) is 10.3. The van der Waals surface area contributed by atoms with Crippen molar-refractivity contribution in [3.63, 3.8) is 0 Å². The molecule has 3 aromatic carbocycles. The van der Waals surface area contributed by atoms with Gasteiger partial charge in [0.2, 0.25) is 0 Å². The Morgan fingerprint density at radius 2 is 1.67 bits per heavy atom. The highest BCUT2D eigenvalue weighted by Crippen LogP contribution is 2.44. The topological polar surface area (TPSA) is 41.1 Å². The van der Waals surface area contributed by atoms with Crippen molar-refractivity contribution < 1.29 is 4.79 Å². The lowest BCUT2D eigenvalue weighted by molar-refractivity contribution is -0.122. The van der Waals surface area contributed by atoms with E-state index in [0.29, 0.717) is 6.42 Å². The summed E-state index contributed by atoms with van der Waals surface area (Å²) in [7, 11) is 0. The van der Waals surface area contributed by atoms with Gasteiger partial charge in [-0.25, -0.2) is 0 Å². The third kappa shape index (κ3) is 3.56. The van der Waals surface area contributed by atoms with Crippen LogP contribution in [0.5, 0.6) is 0 Å². The van der Waals surface area contributed by atoms with Crippen molar-refractivity contribution in [2.75, 3.05) is 10.6 Å². The standard InChI is InChI=1S/C26H23BrN2O/c1-16-9-11-17(12-10-16)26-25-23(28-21-7-2-3-8-22(21)29-26)14-19(15-24(25)30)18-5-4-6-20(27)13-18/h2-14,19,25-26,28-29H,15H2,1H3/t19-,25+,26+/m1/s1. The van der Waals surface area contributed by atoms with Crippen LogP contribution in [0.3, 0.4) is 0 Å². The SMILES string of the molecule is Cc1ccc([C@@H]2Nc3ccccc3NC3=C[C@@H](c4cccc(Br)c4)CC(=O)[C@H]32)cc1. The molecule has 2 N–H and O–H groups in total. The molecular formula is C26H23BrN2O. The molecule has 0 spiro atoms. The van der Waals surface area contributed by atoms with E-state index in [2.05, 4.69) is 88.1 Å². The lowest BCUT2D eigenvalue weighted by Gasteiger charge is -2.32. The van der Waals surface area contributed by atoms with Gasteiger partial charge in [-0.05, 0) is 42.3 Å². The molecule has 3 nitrogen and oxygen atoms in total. The molecule has 1 aliphatic heterocycles. The van der Waals surface area contributed by atoms with Crippen LogP contribution in [0.1, 0.15) is 35.1 Å². The third-order valence-electron chi connectivity index (χ3n) is 6.05. The number of fused-ring (bicyclic) bond motifs is 2. The fraction of sp³-hybridized carbons (Fsp3) is 0.192. The minimum atomic E-state index is -0.247. The van der Waals surface area contributed by atoms with Crippen LogP contribution >= 0.6 is 15.9 Å². The molecule has 0 unspecified atom stereocenters. The fourth-order valence-corrected chi connectivity index (χ4v) is 4.92. The van der Waals surface area contributed by atoms with Gasteiger partial charge in [0.1, 0.15) is 5.78 Å². The molecule has 0 fully saturated rings. The summed E-state index contributed by atoms with van der Waals surface area (Å²) in [6.45, 7) is 2.08. The maximum Gasteiger partial charge on any atom is 0.145 e. The molecule has 3 aromatic rings. The fourth-order valence-electron chi connectivity index (χ4n) is 4.51. The summed E-state index contributed by atoms with van der Waals surface area (Å²) in [6, 6.07) is 24.8. The van der Waals surface area contributed by atoms with E-state index in [-0.39, 0.29) is 23.7 Å². The van der Waals surface area contributed by atoms with Gasteiger partial charge >= 0.3 is 0 Å². The minimum absolute atomic E-state index is 0.0673. The number of benzene rings is 3. The highest BCUT2D eigenvalue weighted by atomic mass is 79.9. The van der Waals surface area contributed by atoms with E-state index in [1.807, 2.05) is 24.3 Å². The largest absolute Gasteiger partial charge is 0.375 e. The van der Waals surface area contributed by atoms with E-state index in [1.54, 1.807) is 0 Å². The molecule has 0 amide bonds. The lowest BCUT2D eigenvalue weighted by Crippen LogP contribution is -2.33. The second-order valence-corrected chi connectivity index (χ2v) is 9.05. The average molecular weight is 459 g/mol. The zero-order chi connectivity index (χ0) is 20.7. The highest BCUT2D eigenvalue weighted by molar-refractivity contribution is 9.10. The minimum Gasteiger partial charge on any atom is -0.375 e. The maximum atomic E-state index is 13.5. The quantitative estimate of drug-likeness (QED) is 0.454. The van der Waals surface area contributed by atoms with Gasteiger partial charge in [-0.15, -0.1) is 0 Å². The molecule has 0 saturated heterocycles. The van der Waals surface area contributed by atoms with E-state index in [4.69, 9.17) is 0 Å². The molecule has 0 aromatic heterocycles. The monoisotopic (exact) mass is 458 g/mol. The summed E-state index contributed by atoms with van der Waals surface area (Å²) in [6.07, 6.45) is 2.76. The number of Topliss-reactive ketones (excluding diaryl/α,β-unsaturated/α-hetero) is 1. The van der Waals surface area contributed by atoms with Crippen LogP contribution in [-0.2, 0) is 4.79 Å². The summed E-state index contributed by atoms with van der Waals surface area (Å²) in [5.41, 5.74) is 6.51. The highest BCUT2D eigenvalue weighted by Gasteiger charge is 2.39. The van der Waals surface area contributed by atoms with Crippen molar-refractivity contribution in [3.8, 4) is 0 Å². The number of hydrogen-bond acceptors (Lipinski definition) is 3. The number of ketones is 1. The number of aryl methyl sites for hydroxylation is 1. The Hall–Kier alpha value is -2.85. The summed E-state index contributed by atoms with van der Waals surface area (Å²) >= 11 is 3.56. The van der Waals surface area contributed by atoms with Crippen LogP contribution in [0.2, 0.25) is 0 Å². The molecule has 1 aliphatic carbocycles. The Kier molecular flexibility index (Phi) is 4.95. The molecule has 3 atom stereocenters. The van der Waals surface area contributed by atoms with Crippen LogP contribution in [0.4, 0.5) is 11.4 Å². The lowest BCUT2D eigenvalue weighted by atomic mass is 9.76. The maximum absolute atomic E-state index is 13.5. The Morgan fingerprint density at radius 1 is 0.900 bits per heavy atom. The van der Waals surface area contributed by atoms with Gasteiger partial charge in [0.05, 0.1) is 23.3 Å². The number of allylic oxidation sites excluding steroid dienone is 1. The third-order valence-corrected chi connectivity index (χ3v) is 6.54. The molecule has 5 rings (SSSR count). The van der Waals surface area contributed by atoms with Gasteiger partial charge in [-0.2, -0.15) is 0 Å². The zero-order valence-electron chi connectivity index (χ0n) is 16.7. The Bertz CT molecular complexity index is 1140. The Labute approximate surface area is 185 Å². The number of anilines is 2. The van der Waals surface area contributed by atoms with Crippen LogP contribution in [0.25, 0.3) is 0 Å². The predicted octanol–water partition coefficient (Wildman–Crippen LogP) is 6.59. The Morgan fingerprint density at radius 3 is 2.43 bits per heavy atom. The van der Waals surface area contributed by atoms with Crippen molar-refractivity contribution in [2.24, 2.45) is 5.92 Å². The first kappa shape index (κ1) is 19.1. The van der Waals surface area contributed by atoms with Gasteiger partial charge in [-0.1, -0.05) is 76.1 Å². The summed E-state index contributed by atoms with van der Waals surface area (Å²) in [4.78, 5) is 13.5. The number of para-hydroxylation sites is 2. The second kappa shape index (κ2) is 7.77. The zero-order valence-corrected chi connectivity index (χ0v) is 18.3. The van der Waals surface area contributed by atoms with E-state index in [1.165, 1.54) is 5.56 Å². The summed E-state index contributed by atoms with van der Waals surface area (Å²) in [5.74, 6) is 0.0806. The number of rotatable bonds is 2. The number of nitrogens with one attached hydrogen (secondary N) is 2. The number of halogens is 1. The van der Waals surface area contributed by atoms with Gasteiger partial charge < -0.3 is 10.6 Å². The van der Waals surface area contributed by atoms with E-state index >= 15 is 0 Å². The van der Waals surface area contributed by atoms with E-state index in [9.17, 15) is 4.79 Å². The van der Waals surface area contributed by atoms with Crippen molar-refractivity contribution in [3.05, 3.63) is 106 Å². The van der Waals surface area contributed by atoms with E-state index < -0.39 is 0 Å².